The minimum Gasteiger partial charge on any atom is -0.481 e. The summed E-state index contributed by atoms with van der Waals surface area (Å²) in [6.07, 6.45) is 0.894. The summed E-state index contributed by atoms with van der Waals surface area (Å²) in [7, 11) is 0. The Kier molecular flexibility index (Phi) is 4.22. The van der Waals surface area contributed by atoms with E-state index in [0.29, 0.717) is 25.9 Å². The van der Waals surface area contributed by atoms with Crippen LogP contribution in [0.4, 0.5) is 0 Å². The first kappa shape index (κ1) is 15.7. The highest BCUT2D eigenvalue weighted by molar-refractivity contribution is 7.13. The fraction of sp³-hybridized carbons (Fsp3) is 0.333. The lowest BCUT2D eigenvalue weighted by Crippen LogP contribution is -2.49. The molecule has 0 unspecified atom stereocenters. The van der Waals surface area contributed by atoms with E-state index in [-0.39, 0.29) is 5.91 Å². The number of amides is 1. The molecule has 2 aromatic rings. The van der Waals surface area contributed by atoms with Gasteiger partial charge in [0.2, 0.25) is 0 Å². The standard InChI is InChI=1S/C18H19NO3S/c1-13-7-8-15(23-13)16(20)19-11-9-18(10-12-19,17(21)22)14-5-3-2-4-6-14/h2-8H,9-12H2,1H3,(H,21,22). The van der Waals surface area contributed by atoms with Crippen molar-refractivity contribution in [3.63, 3.8) is 0 Å². The summed E-state index contributed by atoms with van der Waals surface area (Å²) in [5.41, 5.74) is -0.0600. The molecule has 3 rings (SSSR count). The van der Waals surface area contributed by atoms with Crippen molar-refractivity contribution in [2.24, 2.45) is 0 Å². The van der Waals surface area contributed by atoms with Crippen LogP contribution in [0.2, 0.25) is 0 Å². The van der Waals surface area contributed by atoms with Crippen LogP contribution in [0.5, 0.6) is 0 Å². The van der Waals surface area contributed by atoms with Crippen LogP contribution >= 0.6 is 11.3 Å². The second kappa shape index (κ2) is 6.16. The van der Waals surface area contributed by atoms with Crippen LogP contribution in [0.15, 0.2) is 42.5 Å². The maximum Gasteiger partial charge on any atom is 0.314 e. The molecule has 1 amide bonds. The Morgan fingerprint density at radius 3 is 2.26 bits per heavy atom. The van der Waals surface area contributed by atoms with Gasteiger partial charge in [-0.15, -0.1) is 11.3 Å². The zero-order chi connectivity index (χ0) is 16.4. The predicted molar refractivity (Wildman–Crippen MR) is 89.9 cm³/mol. The highest BCUT2D eigenvalue weighted by Crippen LogP contribution is 2.36. The summed E-state index contributed by atoms with van der Waals surface area (Å²) in [6.45, 7) is 2.91. The first-order valence-corrected chi connectivity index (χ1v) is 8.49. The maximum atomic E-state index is 12.5. The van der Waals surface area contributed by atoms with E-state index >= 15 is 0 Å². The van der Waals surface area contributed by atoms with Crippen LogP contribution < -0.4 is 0 Å². The lowest BCUT2D eigenvalue weighted by molar-refractivity contribution is -0.145. The SMILES string of the molecule is Cc1ccc(C(=O)N2CCC(C(=O)O)(c3ccccc3)CC2)s1. The molecule has 2 heterocycles. The van der Waals surface area contributed by atoms with E-state index in [4.69, 9.17) is 0 Å². The van der Waals surface area contributed by atoms with E-state index in [1.165, 1.54) is 11.3 Å². The Balaban J connectivity index is 1.78. The van der Waals surface area contributed by atoms with Crippen molar-refractivity contribution in [2.75, 3.05) is 13.1 Å². The predicted octanol–water partition coefficient (Wildman–Crippen LogP) is 3.32. The van der Waals surface area contributed by atoms with Gasteiger partial charge < -0.3 is 10.0 Å². The number of carbonyl (C=O) groups is 2. The fourth-order valence-corrected chi connectivity index (χ4v) is 4.02. The monoisotopic (exact) mass is 329 g/mol. The minimum atomic E-state index is -0.886. The van der Waals surface area contributed by atoms with E-state index in [1.807, 2.05) is 49.4 Å². The third-order valence-electron chi connectivity index (χ3n) is 4.59. The summed E-state index contributed by atoms with van der Waals surface area (Å²) in [5, 5.41) is 9.79. The lowest BCUT2D eigenvalue weighted by atomic mass is 9.73. The summed E-state index contributed by atoms with van der Waals surface area (Å²) < 4.78 is 0. The quantitative estimate of drug-likeness (QED) is 0.940. The van der Waals surface area contributed by atoms with Gasteiger partial charge in [0.1, 0.15) is 0 Å². The zero-order valence-electron chi connectivity index (χ0n) is 13.0. The Hall–Kier alpha value is -2.14. The van der Waals surface area contributed by atoms with E-state index in [2.05, 4.69) is 0 Å². The van der Waals surface area contributed by atoms with Gasteiger partial charge in [-0.05, 0) is 37.5 Å². The summed E-state index contributed by atoms with van der Waals surface area (Å²) >= 11 is 1.48. The number of likely N-dealkylation sites (tertiary alicyclic amines) is 1. The normalized spacial score (nSPS) is 17.0. The van der Waals surface area contributed by atoms with Crippen LogP contribution in [0, 0.1) is 6.92 Å². The molecule has 5 heteroatoms. The zero-order valence-corrected chi connectivity index (χ0v) is 13.8. The molecule has 1 aliphatic heterocycles. The van der Waals surface area contributed by atoms with Crippen LogP contribution in [-0.2, 0) is 10.2 Å². The highest BCUT2D eigenvalue weighted by Gasteiger charge is 2.43. The molecule has 0 atom stereocenters. The molecule has 0 aliphatic carbocycles. The van der Waals surface area contributed by atoms with E-state index in [9.17, 15) is 14.7 Å². The van der Waals surface area contributed by atoms with Gasteiger partial charge in [-0.2, -0.15) is 0 Å². The molecular weight excluding hydrogens is 310 g/mol. The smallest absolute Gasteiger partial charge is 0.314 e. The molecular formula is C18H19NO3S. The second-order valence-electron chi connectivity index (χ2n) is 5.96. The summed E-state index contributed by atoms with van der Waals surface area (Å²) in [6, 6.07) is 13.1. The van der Waals surface area contributed by atoms with E-state index in [1.54, 1.807) is 4.90 Å². The molecule has 1 aromatic heterocycles. The third kappa shape index (κ3) is 2.88. The molecule has 1 N–H and O–H groups in total. The van der Waals surface area contributed by atoms with Crippen molar-refractivity contribution in [3.05, 3.63) is 57.8 Å². The van der Waals surface area contributed by atoms with Crippen molar-refractivity contribution in [3.8, 4) is 0 Å². The van der Waals surface area contributed by atoms with Gasteiger partial charge in [-0.25, -0.2) is 0 Å². The molecule has 1 aromatic carbocycles. The van der Waals surface area contributed by atoms with Crippen LogP contribution in [0.3, 0.4) is 0 Å². The molecule has 23 heavy (non-hydrogen) atoms. The van der Waals surface area contributed by atoms with Gasteiger partial charge in [0.25, 0.3) is 5.91 Å². The first-order valence-electron chi connectivity index (χ1n) is 7.67. The van der Waals surface area contributed by atoms with Gasteiger partial charge in [-0.3, -0.25) is 9.59 Å². The van der Waals surface area contributed by atoms with Gasteiger partial charge in [-0.1, -0.05) is 30.3 Å². The van der Waals surface area contributed by atoms with Crippen LogP contribution in [0.1, 0.15) is 33.0 Å². The number of carboxylic acids is 1. The molecule has 0 radical (unpaired) electrons. The average molecular weight is 329 g/mol. The number of aryl methyl sites for hydroxylation is 1. The molecule has 4 nitrogen and oxygen atoms in total. The molecule has 1 fully saturated rings. The Morgan fingerprint density at radius 1 is 1.09 bits per heavy atom. The van der Waals surface area contributed by atoms with Crippen LogP contribution in [-0.4, -0.2) is 35.0 Å². The van der Waals surface area contributed by atoms with Gasteiger partial charge in [0.15, 0.2) is 0 Å². The number of hydrogen-bond acceptors (Lipinski definition) is 3. The van der Waals surface area contributed by atoms with Crippen molar-refractivity contribution >= 4 is 23.2 Å². The van der Waals surface area contributed by atoms with Crippen molar-refractivity contribution < 1.29 is 14.7 Å². The molecule has 1 saturated heterocycles. The average Bonchev–Trinajstić information content (AvgIpc) is 3.01. The third-order valence-corrected chi connectivity index (χ3v) is 5.58. The second-order valence-corrected chi connectivity index (χ2v) is 7.24. The first-order chi connectivity index (χ1) is 11.0. The number of nitrogens with zero attached hydrogens (tertiary/aromatic N) is 1. The van der Waals surface area contributed by atoms with Gasteiger partial charge in [0, 0.05) is 18.0 Å². The van der Waals surface area contributed by atoms with Gasteiger partial charge >= 0.3 is 5.97 Å². The summed E-state index contributed by atoms with van der Waals surface area (Å²) in [5.74, 6) is -0.794. The Labute approximate surface area is 139 Å². The fourth-order valence-electron chi connectivity index (χ4n) is 3.18. The van der Waals surface area contributed by atoms with Crippen molar-refractivity contribution in [1.29, 1.82) is 0 Å². The van der Waals surface area contributed by atoms with E-state index < -0.39 is 11.4 Å². The number of carboxylic acid groups (broad SMARTS) is 1. The van der Waals surface area contributed by atoms with Crippen molar-refractivity contribution in [1.82, 2.24) is 4.90 Å². The Bertz CT molecular complexity index is 715. The molecule has 0 spiro atoms. The number of carbonyl (C=O) groups excluding carboxylic acids is 1. The molecule has 0 bridgehead atoms. The number of rotatable bonds is 3. The maximum absolute atomic E-state index is 12.5. The molecule has 0 saturated carbocycles. The number of aliphatic carboxylic acids is 1. The number of thiophene rings is 1. The number of hydrogen-bond donors (Lipinski definition) is 1. The van der Waals surface area contributed by atoms with Crippen molar-refractivity contribution in [2.45, 2.75) is 25.2 Å². The van der Waals surface area contributed by atoms with E-state index in [0.717, 1.165) is 15.3 Å². The summed E-state index contributed by atoms with van der Waals surface area (Å²) in [4.78, 5) is 28.1. The minimum absolute atomic E-state index is 0.00940. The van der Waals surface area contributed by atoms with Gasteiger partial charge in [0.05, 0.1) is 10.3 Å². The Morgan fingerprint density at radius 2 is 1.74 bits per heavy atom. The topological polar surface area (TPSA) is 57.6 Å². The largest absolute Gasteiger partial charge is 0.481 e. The number of benzene rings is 1. The molecule has 120 valence electrons. The molecule has 1 aliphatic rings. The highest BCUT2D eigenvalue weighted by atomic mass is 32.1. The van der Waals surface area contributed by atoms with Crippen LogP contribution in [0.25, 0.3) is 0 Å². The number of piperidine rings is 1. The lowest BCUT2D eigenvalue weighted by Gasteiger charge is -2.39.